The fourth-order valence-electron chi connectivity index (χ4n) is 0.895. The van der Waals surface area contributed by atoms with E-state index in [1.807, 2.05) is 0 Å². The molecule has 1 rings (SSSR count). The molecule has 3 nitrogen and oxygen atoms in total. The summed E-state index contributed by atoms with van der Waals surface area (Å²) in [4.78, 5) is 10.1. The summed E-state index contributed by atoms with van der Waals surface area (Å²) in [6, 6.07) is -0.269. The molecule has 0 bridgehead atoms. The minimum atomic E-state index is -0.720. The molecule has 10 heavy (non-hydrogen) atoms. The number of nitrogens with one attached hydrogen (secondary N) is 1. The summed E-state index contributed by atoms with van der Waals surface area (Å²) in [5, 5.41) is 11.2. The molecule has 4 heteroatoms. The number of hydrogen-bond acceptors (Lipinski definition) is 2. The van der Waals surface area contributed by atoms with Crippen LogP contribution in [0.1, 0.15) is 12.8 Å². The third-order valence-electron chi connectivity index (χ3n) is 1.36. The average molecular weight is 166 g/mol. The van der Waals surface area contributed by atoms with Gasteiger partial charge in [-0.05, 0) is 19.4 Å². The zero-order chi connectivity index (χ0) is 7.98. The number of rotatable bonds is 1. The lowest BCUT2D eigenvalue weighted by atomic mass is 10.2. The van der Waals surface area contributed by atoms with Crippen molar-refractivity contribution in [3.05, 3.63) is 0 Å². The summed E-state index contributed by atoms with van der Waals surface area (Å²) in [6.45, 7) is 0.858. The number of alkyl halides is 1. The van der Waals surface area contributed by atoms with Crippen LogP contribution in [-0.4, -0.2) is 30.0 Å². The van der Waals surface area contributed by atoms with Crippen LogP contribution in [0.15, 0.2) is 0 Å². The fourth-order valence-corrected chi connectivity index (χ4v) is 0.895. The first-order chi connectivity index (χ1) is 4.80. The maximum absolute atomic E-state index is 10.1. The highest BCUT2D eigenvalue weighted by molar-refractivity contribution is 6.15. The molecule has 1 saturated heterocycles. The molecule has 0 aromatic carbocycles. The molecule has 60 valence electrons. The molecule has 1 fully saturated rings. The molecule has 0 amide bonds. The Morgan fingerprint density at radius 2 is 2.30 bits per heavy atom. The minimum Gasteiger partial charge on any atom is -0.480 e. The molecule has 0 spiro atoms. The summed E-state index contributed by atoms with van der Waals surface area (Å²) in [7, 11) is 0. The van der Waals surface area contributed by atoms with E-state index in [1.54, 1.807) is 0 Å². The standard InChI is InChI=1S/C5H9NO2.CH3Cl/c7-5(8)4-2-1-3-6-4;1-2/h4,6H,1-3H2,(H,7,8);1H3/t4-;/m1./s1. The van der Waals surface area contributed by atoms with Gasteiger partial charge in [0.05, 0.1) is 0 Å². The third-order valence-corrected chi connectivity index (χ3v) is 1.36. The summed E-state index contributed by atoms with van der Waals surface area (Å²) in [5.41, 5.74) is 0. The smallest absolute Gasteiger partial charge is 0.320 e. The van der Waals surface area contributed by atoms with Gasteiger partial charge in [-0.1, -0.05) is 0 Å². The van der Waals surface area contributed by atoms with Gasteiger partial charge in [0.1, 0.15) is 6.04 Å². The van der Waals surface area contributed by atoms with Gasteiger partial charge in [0, 0.05) is 6.38 Å². The highest BCUT2D eigenvalue weighted by atomic mass is 35.5. The molecular weight excluding hydrogens is 154 g/mol. The summed E-state index contributed by atoms with van der Waals surface area (Å²) < 4.78 is 0. The number of halogens is 1. The van der Waals surface area contributed by atoms with Crippen molar-refractivity contribution in [1.82, 2.24) is 5.32 Å². The van der Waals surface area contributed by atoms with Crippen LogP contribution in [0.3, 0.4) is 0 Å². The maximum atomic E-state index is 10.1. The van der Waals surface area contributed by atoms with Crippen LogP contribution in [0.4, 0.5) is 0 Å². The Bertz CT molecular complexity index is 102. The highest BCUT2D eigenvalue weighted by Gasteiger charge is 2.20. The van der Waals surface area contributed by atoms with Crippen LogP contribution in [-0.2, 0) is 4.79 Å². The highest BCUT2D eigenvalue weighted by Crippen LogP contribution is 2.03. The number of aliphatic carboxylic acids is 1. The molecule has 1 aliphatic rings. The Morgan fingerprint density at radius 3 is 2.50 bits per heavy atom. The monoisotopic (exact) mass is 165 g/mol. The Labute approximate surface area is 65.4 Å². The zero-order valence-electron chi connectivity index (χ0n) is 5.93. The lowest BCUT2D eigenvalue weighted by molar-refractivity contribution is -0.139. The zero-order valence-corrected chi connectivity index (χ0v) is 6.69. The van der Waals surface area contributed by atoms with Crippen LogP contribution in [0.25, 0.3) is 0 Å². The number of carbonyl (C=O) groups is 1. The summed E-state index contributed by atoms with van der Waals surface area (Å²) in [5.74, 6) is -0.720. The number of hydrogen-bond donors (Lipinski definition) is 2. The van der Waals surface area contributed by atoms with E-state index < -0.39 is 5.97 Å². The van der Waals surface area contributed by atoms with E-state index in [1.165, 1.54) is 6.38 Å². The van der Waals surface area contributed by atoms with Crippen molar-refractivity contribution in [2.75, 3.05) is 12.9 Å². The molecule has 2 N–H and O–H groups in total. The Morgan fingerprint density at radius 1 is 1.70 bits per heavy atom. The molecule has 0 aromatic heterocycles. The molecule has 1 atom stereocenters. The van der Waals surface area contributed by atoms with Gasteiger partial charge >= 0.3 is 5.97 Å². The van der Waals surface area contributed by atoms with Gasteiger partial charge < -0.3 is 10.4 Å². The van der Waals surface area contributed by atoms with Crippen LogP contribution >= 0.6 is 11.6 Å². The van der Waals surface area contributed by atoms with Crippen LogP contribution in [0, 0.1) is 0 Å². The normalized spacial score (nSPS) is 23.2. The van der Waals surface area contributed by atoms with E-state index in [-0.39, 0.29) is 6.04 Å². The SMILES string of the molecule is CCl.O=C(O)[C@H]1CCCN1. The van der Waals surface area contributed by atoms with Crippen molar-refractivity contribution < 1.29 is 9.90 Å². The van der Waals surface area contributed by atoms with Gasteiger partial charge in [-0.2, -0.15) is 0 Å². The first kappa shape index (κ1) is 9.72. The van der Waals surface area contributed by atoms with E-state index in [9.17, 15) is 4.79 Å². The molecule has 0 unspecified atom stereocenters. The van der Waals surface area contributed by atoms with Gasteiger partial charge in [0.15, 0.2) is 0 Å². The molecular formula is C6H12ClNO2. The van der Waals surface area contributed by atoms with Gasteiger partial charge in [-0.3, -0.25) is 4.79 Å². The quantitative estimate of drug-likeness (QED) is 0.562. The van der Waals surface area contributed by atoms with Crippen molar-refractivity contribution in [3.8, 4) is 0 Å². The molecule has 1 heterocycles. The number of carboxylic acids is 1. The third kappa shape index (κ3) is 3.03. The van der Waals surface area contributed by atoms with Gasteiger partial charge in [-0.15, -0.1) is 11.6 Å². The molecule has 0 aromatic rings. The lowest BCUT2D eigenvalue weighted by Crippen LogP contribution is -2.29. The van der Waals surface area contributed by atoms with Crippen LogP contribution < -0.4 is 5.32 Å². The second kappa shape index (κ2) is 5.50. The lowest BCUT2D eigenvalue weighted by Gasteiger charge is -1.99. The van der Waals surface area contributed by atoms with Crippen molar-refractivity contribution in [1.29, 1.82) is 0 Å². The minimum absolute atomic E-state index is 0.269. The second-order valence-electron chi connectivity index (χ2n) is 1.99. The van der Waals surface area contributed by atoms with Crippen LogP contribution in [0.5, 0.6) is 0 Å². The topological polar surface area (TPSA) is 49.3 Å². The molecule has 1 aliphatic heterocycles. The average Bonchev–Trinajstić information content (AvgIpc) is 2.42. The Hall–Kier alpha value is -0.280. The van der Waals surface area contributed by atoms with E-state index in [0.717, 1.165) is 19.4 Å². The summed E-state index contributed by atoms with van der Waals surface area (Å²) >= 11 is 4.64. The Balaban J connectivity index is 0.000000371. The molecule has 0 aliphatic carbocycles. The van der Waals surface area contributed by atoms with Crippen molar-refractivity contribution in [3.63, 3.8) is 0 Å². The molecule has 0 radical (unpaired) electrons. The van der Waals surface area contributed by atoms with Crippen molar-refractivity contribution in [2.24, 2.45) is 0 Å². The maximum Gasteiger partial charge on any atom is 0.320 e. The van der Waals surface area contributed by atoms with Crippen molar-refractivity contribution >= 4 is 17.6 Å². The largest absolute Gasteiger partial charge is 0.480 e. The fraction of sp³-hybridized carbons (Fsp3) is 0.833. The summed E-state index contributed by atoms with van der Waals surface area (Å²) in [6.07, 6.45) is 3.26. The first-order valence-electron chi connectivity index (χ1n) is 3.14. The van der Waals surface area contributed by atoms with Gasteiger partial charge in [0.2, 0.25) is 0 Å². The van der Waals surface area contributed by atoms with Gasteiger partial charge in [-0.25, -0.2) is 0 Å². The second-order valence-corrected chi connectivity index (χ2v) is 1.99. The van der Waals surface area contributed by atoms with Crippen LogP contribution in [0.2, 0.25) is 0 Å². The number of carboxylic acid groups (broad SMARTS) is 1. The predicted molar refractivity (Wildman–Crippen MR) is 40.4 cm³/mol. The van der Waals surface area contributed by atoms with Crippen molar-refractivity contribution in [2.45, 2.75) is 18.9 Å². The molecule has 0 saturated carbocycles. The van der Waals surface area contributed by atoms with Gasteiger partial charge in [0.25, 0.3) is 0 Å². The Kier molecular flexibility index (Phi) is 5.35. The predicted octanol–water partition coefficient (Wildman–Crippen LogP) is 0.678. The van der Waals surface area contributed by atoms with E-state index in [0.29, 0.717) is 0 Å². The first-order valence-corrected chi connectivity index (χ1v) is 3.90. The van der Waals surface area contributed by atoms with E-state index in [2.05, 4.69) is 16.9 Å². The van der Waals surface area contributed by atoms with E-state index in [4.69, 9.17) is 5.11 Å². The van der Waals surface area contributed by atoms with E-state index >= 15 is 0 Å².